The number of aryl methyl sites for hydroxylation is 1. The molecule has 0 bridgehead atoms. The van der Waals surface area contributed by atoms with E-state index in [1.54, 1.807) is 4.68 Å². The Balaban J connectivity index is 2.20. The van der Waals surface area contributed by atoms with E-state index in [1.165, 1.54) is 5.56 Å². The first-order valence-corrected chi connectivity index (χ1v) is 6.11. The van der Waals surface area contributed by atoms with Crippen LogP contribution in [0.1, 0.15) is 5.56 Å². The largest absolute Gasteiger partial charge is 0.394 e. The van der Waals surface area contributed by atoms with Crippen molar-refractivity contribution in [2.45, 2.75) is 6.54 Å². The number of anilines is 2. The van der Waals surface area contributed by atoms with Gasteiger partial charge in [0.2, 0.25) is 0 Å². The number of hydrogen-bond donors (Lipinski definition) is 1. The van der Waals surface area contributed by atoms with E-state index in [-0.39, 0.29) is 0 Å². The van der Waals surface area contributed by atoms with Crippen LogP contribution in [-0.4, -0.2) is 16.8 Å². The van der Waals surface area contributed by atoms with Crippen LogP contribution in [-0.2, 0) is 13.6 Å². The summed E-state index contributed by atoms with van der Waals surface area (Å²) in [4.78, 5) is 2.04. The smallest absolute Gasteiger partial charge is 0.173 e. The molecular weight excluding hydrogens is 280 g/mol. The molecule has 0 unspecified atom stereocenters. The lowest BCUT2D eigenvalue weighted by molar-refractivity contribution is 0.751. The van der Waals surface area contributed by atoms with E-state index < -0.39 is 0 Å². The van der Waals surface area contributed by atoms with Crippen LogP contribution in [0.3, 0.4) is 0 Å². The van der Waals surface area contributed by atoms with Crippen molar-refractivity contribution in [1.82, 2.24) is 9.78 Å². The molecule has 2 N–H and O–H groups in total. The molecule has 0 aliphatic heterocycles. The van der Waals surface area contributed by atoms with E-state index >= 15 is 0 Å². The monoisotopic (exact) mass is 294 g/mol. The van der Waals surface area contributed by atoms with Crippen molar-refractivity contribution in [1.29, 1.82) is 0 Å². The van der Waals surface area contributed by atoms with Crippen molar-refractivity contribution in [3.63, 3.8) is 0 Å². The molecule has 0 atom stereocenters. The maximum atomic E-state index is 5.90. The number of nitrogens with two attached hydrogens (primary N) is 1. The Hall–Kier alpha value is -1.49. The topological polar surface area (TPSA) is 47.1 Å². The van der Waals surface area contributed by atoms with Crippen LogP contribution in [0.15, 0.2) is 34.9 Å². The average molecular weight is 295 g/mol. The summed E-state index contributed by atoms with van der Waals surface area (Å²) in [6.07, 6.45) is 1.81. The minimum Gasteiger partial charge on any atom is -0.394 e. The van der Waals surface area contributed by atoms with E-state index in [9.17, 15) is 0 Å². The van der Waals surface area contributed by atoms with Gasteiger partial charge >= 0.3 is 0 Å². The predicted molar refractivity (Wildman–Crippen MR) is 73.9 cm³/mol. The first-order chi connectivity index (χ1) is 8.08. The molecule has 2 aromatic rings. The number of halogens is 1. The second-order valence-electron chi connectivity index (χ2n) is 4.03. The molecule has 0 saturated carbocycles. The van der Waals surface area contributed by atoms with Gasteiger partial charge in [-0.1, -0.05) is 34.1 Å². The molecule has 0 saturated heterocycles. The fourth-order valence-corrected chi connectivity index (χ4v) is 2.16. The quantitative estimate of drug-likeness (QED) is 0.946. The lowest BCUT2D eigenvalue weighted by Crippen LogP contribution is -2.18. The van der Waals surface area contributed by atoms with Crippen molar-refractivity contribution in [3.05, 3.63) is 40.5 Å². The average Bonchev–Trinajstić information content (AvgIpc) is 2.61. The molecule has 0 spiro atoms. The third-order valence-corrected chi connectivity index (χ3v) is 3.34. The summed E-state index contributed by atoms with van der Waals surface area (Å²) in [6, 6.07) is 8.14. The van der Waals surface area contributed by atoms with Crippen LogP contribution in [0.5, 0.6) is 0 Å². The number of aromatic nitrogens is 2. The fourth-order valence-electron chi connectivity index (χ4n) is 1.75. The fraction of sp³-hybridized carbons (Fsp3) is 0.250. The van der Waals surface area contributed by atoms with Crippen molar-refractivity contribution in [2.75, 3.05) is 17.7 Å². The van der Waals surface area contributed by atoms with Crippen molar-refractivity contribution in [3.8, 4) is 0 Å². The van der Waals surface area contributed by atoms with E-state index in [2.05, 4.69) is 27.1 Å². The molecule has 1 aromatic heterocycles. The Bertz CT molecular complexity index is 521. The van der Waals surface area contributed by atoms with Gasteiger partial charge in [0.25, 0.3) is 0 Å². The first kappa shape index (κ1) is 12.0. The Morgan fingerprint density at radius 2 is 2.12 bits per heavy atom. The summed E-state index contributed by atoms with van der Waals surface area (Å²) < 4.78 is 2.82. The van der Waals surface area contributed by atoms with Gasteiger partial charge < -0.3 is 10.6 Å². The predicted octanol–water partition coefficient (Wildman–Crippen LogP) is 2.40. The van der Waals surface area contributed by atoms with Crippen molar-refractivity contribution >= 4 is 27.4 Å². The third kappa shape index (κ3) is 2.61. The number of nitrogens with zero attached hydrogens (tertiary/aromatic N) is 3. The second kappa shape index (κ2) is 4.79. The Kier molecular flexibility index (Phi) is 3.38. The van der Waals surface area contributed by atoms with Crippen LogP contribution in [0, 0.1) is 0 Å². The molecule has 4 nitrogen and oxygen atoms in total. The van der Waals surface area contributed by atoms with Gasteiger partial charge in [-0.3, -0.25) is 4.68 Å². The summed E-state index contributed by atoms with van der Waals surface area (Å²) in [5.74, 6) is 0.809. The number of benzene rings is 1. The van der Waals surface area contributed by atoms with E-state index in [0.29, 0.717) is 5.69 Å². The molecule has 0 radical (unpaired) electrons. The molecule has 90 valence electrons. The maximum Gasteiger partial charge on any atom is 0.173 e. The lowest BCUT2D eigenvalue weighted by Gasteiger charge is -2.17. The van der Waals surface area contributed by atoms with Crippen LogP contribution in [0.2, 0.25) is 0 Å². The molecule has 0 aliphatic carbocycles. The number of hydrogen-bond acceptors (Lipinski definition) is 3. The summed E-state index contributed by atoms with van der Waals surface area (Å²) in [6.45, 7) is 0.767. The Labute approximate surface area is 109 Å². The van der Waals surface area contributed by atoms with Gasteiger partial charge in [-0.05, 0) is 11.6 Å². The van der Waals surface area contributed by atoms with Gasteiger partial charge in [0.15, 0.2) is 5.82 Å². The van der Waals surface area contributed by atoms with Crippen molar-refractivity contribution < 1.29 is 0 Å². The molecule has 0 amide bonds. The summed E-state index contributed by atoms with van der Waals surface area (Å²) in [5, 5.41) is 4.34. The highest BCUT2D eigenvalue weighted by Gasteiger charge is 2.11. The number of nitrogen functional groups attached to an aromatic ring is 1. The van der Waals surface area contributed by atoms with Gasteiger partial charge in [0, 0.05) is 31.3 Å². The van der Waals surface area contributed by atoms with Gasteiger partial charge in [0.05, 0.1) is 5.69 Å². The second-order valence-corrected chi connectivity index (χ2v) is 4.88. The molecule has 0 fully saturated rings. The van der Waals surface area contributed by atoms with Gasteiger partial charge in [-0.15, -0.1) is 0 Å². The van der Waals surface area contributed by atoms with Crippen LogP contribution in [0.25, 0.3) is 0 Å². The SMILES string of the molecule is CN(Cc1ccccc1Br)c1nn(C)cc1N. The molecule has 1 aromatic carbocycles. The molecule has 17 heavy (non-hydrogen) atoms. The molecule has 0 aliphatic rings. The summed E-state index contributed by atoms with van der Waals surface area (Å²) in [5.41, 5.74) is 7.80. The Morgan fingerprint density at radius 1 is 1.41 bits per heavy atom. The van der Waals surface area contributed by atoms with Crippen LogP contribution >= 0.6 is 15.9 Å². The molecule has 2 rings (SSSR count). The first-order valence-electron chi connectivity index (χ1n) is 5.31. The molecule has 1 heterocycles. The minimum absolute atomic E-state index is 0.696. The van der Waals surface area contributed by atoms with Crippen LogP contribution < -0.4 is 10.6 Å². The van der Waals surface area contributed by atoms with Gasteiger partial charge in [-0.25, -0.2) is 0 Å². The normalized spacial score (nSPS) is 10.5. The molecule has 5 heteroatoms. The number of rotatable bonds is 3. The molecular formula is C12H15BrN4. The van der Waals surface area contributed by atoms with E-state index in [4.69, 9.17) is 5.73 Å². The third-order valence-electron chi connectivity index (χ3n) is 2.56. The zero-order chi connectivity index (χ0) is 12.4. The highest BCUT2D eigenvalue weighted by Crippen LogP contribution is 2.23. The van der Waals surface area contributed by atoms with Gasteiger partial charge in [-0.2, -0.15) is 5.10 Å². The highest BCUT2D eigenvalue weighted by atomic mass is 79.9. The van der Waals surface area contributed by atoms with E-state index in [0.717, 1.165) is 16.8 Å². The van der Waals surface area contributed by atoms with Crippen LogP contribution in [0.4, 0.5) is 11.5 Å². The zero-order valence-corrected chi connectivity index (χ0v) is 11.5. The summed E-state index contributed by atoms with van der Waals surface area (Å²) in [7, 11) is 3.85. The summed E-state index contributed by atoms with van der Waals surface area (Å²) >= 11 is 3.54. The Morgan fingerprint density at radius 3 is 2.71 bits per heavy atom. The minimum atomic E-state index is 0.696. The highest BCUT2D eigenvalue weighted by molar-refractivity contribution is 9.10. The maximum absolute atomic E-state index is 5.90. The van der Waals surface area contributed by atoms with Crippen molar-refractivity contribution in [2.24, 2.45) is 7.05 Å². The zero-order valence-electron chi connectivity index (χ0n) is 9.89. The van der Waals surface area contributed by atoms with Gasteiger partial charge in [0.1, 0.15) is 0 Å². The standard InChI is InChI=1S/C12H15BrN4/c1-16(12-11(14)8-17(2)15-12)7-9-5-3-4-6-10(9)13/h3-6,8H,7,14H2,1-2H3. The van der Waals surface area contributed by atoms with E-state index in [1.807, 2.05) is 43.4 Å². The lowest BCUT2D eigenvalue weighted by atomic mass is 10.2.